The maximum atomic E-state index is 12.8. The summed E-state index contributed by atoms with van der Waals surface area (Å²) < 4.78 is 27.6. The van der Waals surface area contributed by atoms with Crippen LogP contribution in [-0.4, -0.2) is 32.4 Å². The summed E-state index contributed by atoms with van der Waals surface area (Å²) in [6.45, 7) is 5.83. The van der Waals surface area contributed by atoms with Crippen molar-refractivity contribution in [2.24, 2.45) is 5.92 Å². The Balaban J connectivity index is 2.14. The standard InChI is InChI=1S/C15H26N2O2S2/c1-4-16-10-13-9-15(20-11-13)21(18,19)17(3)14-8-6-5-7-12(14)2/h9,11-12,14,16H,4-8,10H2,1-3H3. The summed E-state index contributed by atoms with van der Waals surface area (Å²) in [6.07, 6.45) is 4.45. The van der Waals surface area contributed by atoms with Gasteiger partial charge in [0.1, 0.15) is 4.21 Å². The van der Waals surface area contributed by atoms with E-state index in [2.05, 4.69) is 12.2 Å². The van der Waals surface area contributed by atoms with Crippen molar-refractivity contribution < 1.29 is 8.42 Å². The number of sulfonamides is 1. The van der Waals surface area contributed by atoms with Gasteiger partial charge in [-0.2, -0.15) is 4.31 Å². The molecule has 0 amide bonds. The molecule has 120 valence electrons. The van der Waals surface area contributed by atoms with Gasteiger partial charge in [0.25, 0.3) is 10.0 Å². The van der Waals surface area contributed by atoms with E-state index in [1.54, 1.807) is 11.4 Å². The molecule has 1 saturated carbocycles. The zero-order valence-electron chi connectivity index (χ0n) is 13.1. The predicted molar refractivity (Wildman–Crippen MR) is 88.1 cm³/mol. The average molecular weight is 331 g/mol. The predicted octanol–water partition coefficient (Wildman–Crippen LogP) is 3.06. The molecule has 4 nitrogen and oxygen atoms in total. The van der Waals surface area contributed by atoms with E-state index >= 15 is 0 Å². The lowest BCUT2D eigenvalue weighted by Gasteiger charge is -2.35. The Bertz CT molecular complexity index is 554. The summed E-state index contributed by atoms with van der Waals surface area (Å²) in [7, 11) is -1.61. The van der Waals surface area contributed by atoms with E-state index in [0.29, 0.717) is 10.1 Å². The molecule has 0 radical (unpaired) electrons. The zero-order chi connectivity index (χ0) is 15.5. The highest BCUT2D eigenvalue weighted by Crippen LogP contribution is 2.32. The fraction of sp³-hybridized carbons (Fsp3) is 0.733. The van der Waals surface area contributed by atoms with Crippen molar-refractivity contribution in [3.05, 3.63) is 17.0 Å². The van der Waals surface area contributed by atoms with Gasteiger partial charge in [-0.1, -0.05) is 26.7 Å². The molecule has 0 saturated heterocycles. The van der Waals surface area contributed by atoms with E-state index in [1.807, 2.05) is 18.4 Å². The summed E-state index contributed by atoms with van der Waals surface area (Å²) in [5.74, 6) is 0.444. The number of thiophene rings is 1. The van der Waals surface area contributed by atoms with Gasteiger partial charge in [-0.05, 0) is 42.3 Å². The normalized spacial score (nSPS) is 23.6. The van der Waals surface area contributed by atoms with Crippen LogP contribution in [0.15, 0.2) is 15.7 Å². The van der Waals surface area contributed by atoms with E-state index in [4.69, 9.17) is 0 Å². The van der Waals surface area contributed by atoms with Crippen LogP contribution in [0, 0.1) is 5.92 Å². The van der Waals surface area contributed by atoms with E-state index < -0.39 is 10.0 Å². The molecule has 1 aromatic heterocycles. The van der Waals surface area contributed by atoms with Gasteiger partial charge in [-0.25, -0.2) is 8.42 Å². The summed E-state index contributed by atoms with van der Waals surface area (Å²) >= 11 is 1.33. The molecule has 0 aromatic carbocycles. The molecule has 1 aliphatic carbocycles. The van der Waals surface area contributed by atoms with Crippen molar-refractivity contribution in [1.29, 1.82) is 0 Å². The third-order valence-electron chi connectivity index (χ3n) is 4.38. The van der Waals surface area contributed by atoms with E-state index in [9.17, 15) is 8.42 Å². The molecule has 2 atom stereocenters. The SMILES string of the molecule is CCNCc1csc(S(=O)(=O)N(C)C2CCCCC2C)c1. The highest BCUT2D eigenvalue weighted by molar-refractivity contribution is 7.91. The number of nitrogens with one attached hydrogen (secondary N) is 1. The molecule has 1 N–H and O–H groups in total. The molecule has 6 heteroatoms. The first-order valence-electron chi connectivity index (χ1n) is 7.73. The van der Waals surface area contributed by atoms with Crippen molar-refractivity contribution in [2.45, 2.75) is 56.3 Å². The number of hydrogen-bond donors (Lipinski definition) is 1. The monoisotopic (exact) mass is 330 g/mol. The highest BCUT2D eigenvalue weighted by atomic mass is 32.2. The van der Waals surface area contributed by atoms with Crippen LogP contribution in [0.4, 0.5) is 0 Å². The Morgan fingerprint density at radius 2 is 2.10 bits per heavy atom. The quantitative estimate of drug-likeness (QED) is 0.872. The molecule has 1 fully saturated rings. The second kappa shape index (κ2) is 7.22. The Kier molecular flexibility index (Phi) is 5.82. The van der Waals surface area contributed by atoms with Gasteiger partial charge in [-0.15, -0.1) is 11.3 Å². The van der Waals surface area contributed by atoms with Crippen molar-refractivity contribution in [2.75, 3.05) is 13.6 Å². The van der Waals surface area contributed by atoms with Crippen LogP contribution in [0.1, 0.15) is 45.1 Å². The van der Waals surface area contributed by atoms with Gasteiger partial charge in [0.2, 0.25) is 0 Å². The minimum Gasteiger partial charge on any atom is -0.313 e. The number of nitrogens with zero attached hydrogens (tertiary/aromatic N) is 1. The summed E-state index contributed by atoms with van der Waals surface area (Å²) in [6, 6.07) is 1.95. The summed E-state index contributed by atoms with van der Waals surface area (Å²) in [5, 5.41) is 5.17. The first-order chi connectivity index (χ1) is 9.96. The smallest absolute Gasteiger partial charge is 0.252 e. The molecule has 0 spiro atoms. The number of rotatable bonds is 6. The molecule has 0 bridgehead atoms. The molecule has 21 heavy (non-hydrogen) atoms. The van der Waals surface area contributed by atoms with Gasteiger partial charge < -0.3 is 5.32 Å². The summed E-state index contributed by atoms with van der Waals surface area (Å²) in [5.41, 5.74) is 1.05. The zero-order valence-corrected chi connectivity index (χ0v) is 14.8. The lowest BCUT2D eigenvalue weighted by atomic mass is 9.86. The molecule has 2 rings (SSSR count). The van der Waals surface area contributed by atoms with Crippen LogP contribution in [0.25, 0.3) is 0 Å². The van der Waals surface area contributed by atoms with Crippen LogP contribution in [0.2, 0.25) is 0 Å². The maximum absolute atomic E-state index is 12.8. The van der Waals surface area contributed by atoms with Crippen molar-refractivity contribution >= 4 is 21.4 Å². The number of hydrogen-bond acceptors (Lipinski definition) is 4. The third-order valence-corrected chi connectivity index (χ3v) is 7.72. The Hall–Kier alpha value is -0.430. The van der Waals surface area contributed by atoms with E-state index in [1.165, 1.54) is 17.8 Å². The topological polar surface area (TPSA) is 49.4 Å². The van der Waals surface area contributed by atoms with Crippen molar-refractivity contribution in [1.82, 2.24) is 9.62 Å². The van der Waals surface area contributed by atoms with Crippen LogP contribution < -0.4 is 5.32 Å². The molecule has 1 heterocycles. The molecular weight excluding hydrogens is 304 g/mol. The van der Waals surface area contributed by atoms with Crippen molar-refractivity contribution in [3.63, 3.8) is 0 Å². The largest absolute Gasteiger partial charge is 0.313 e. The van der Waals surface area contributed by atoms with Gasteiger partial charge in [-0.3, -0.25) is 0 Å². The summed E-state index contributed by atoms with van der Waals surface area (Å²) in [4.78, 5) is 0. The lowest BCUT2D eigenvalue weighted by Crippen LogP contribution is -2.42. The van der Waals surface area contributed by atoms with Crippen LogP contribution in [0.3, 0.4) is 0 Å². The third kappa shape index (κ3) is 3.86. The first kappa shape index (κ1) is 16.9. The second-order valence-electron chi connectivity index (χ2n) is 5.90. The van der Waals surface area contributed by atoms with Gasteiger partial charge in [0.05, 0.1) is 0 Å². The fourth-order valence-corrected chi connectivity index (χ4v) is 5.88. The maximum Gasteiger partial charge on any atom is 0.252 e. The molecule has 1 aliphatic rings. The van der Waals surface area contributed by atoms with Crippen LogP contribution in [-0.2, 0) is 16.6 Å². The minimum absolute atomic E-state index is 0.142. The highest BCUT2D eigenvalue weighted by Gasteiger charge is 2.33. The molecular formula is C15H26N2O2S2. The van der Waals surface area contributed by atoms with E-state index in [-0.39, 0.29) is 6.04 Å². The average Bonchev–Trinajstić information content (AvgIpc) is 2.94. The Morgan fingerprint density at radius 1 is 1.38 bits per heavy atom. The fourth-order valence-electron chi connectivity index (χ4n) is 3.01. The molecule has 0 aliphatic heterocycles. The van der Waals surface area contributed by atoms with E-state index in [0.717, 1.165) is 37.9 Å². The lowest BCUT2D eigenvalue weighted by molar-refractivity contribution is 0.213. The molecule has 2 unspecified atom stereocenters. The Labute approximate surface area is 132 Å². The van der Waals surface area contributed by atoms with Crippen LogP contribution in [0.5, 0.6) is 0 Å². The van der Waals surface area contributed by atoms with Gasteiger partial charge in [0, 0.05) is 19.6 Å². The molecule has 1 aromatic rings. The van der Waals surface area contributed by atoms with Crippen molar-refractivity contribution in [3.8, 4) is 0 Å². The minimum atomic E-state index is -3.35. The first-order valence-corrected chi connectivity index (χ1v) is 10.0. The van der Waals surface area contributed by atoms with Gasteiger partial charge >= 0.3 is 0 Å². The Morgan fingerprint density at radius 3 is 2.76 bits per heavy atom. The van der Waals surface area contributed by atoms with Gasteiger partial charge in [0.15, 0.2) is 0 Å². The van der Waals surface area contributed by atoms with Crippen LogP contribution >= 0.6 is 11.3 Å². The second-order valence-corrected chi connectivity index (χ2v) is 9.04.